The first-order chi connectivity index (χ1) is 6.52. The molecule has 1 aromatic rings. The molecule has 78 valence electrons. The number of sulfone groups is 1. The van der Waals surface area contributed by atoms with Gasteiger partial charge in [-0.2, -0.15) is 8.78 Å². The van der Waals surface area contributed by atoms with Crippen LogP contribution in [0.3, 0.4) is 0 Å². The van der Waals surface area contributed by atoms with Crippen molar-refractivity contribution >= 4 is 21.2 Å². The van der Waals surface area contributed by atoms with Gasteiger partial charge in [-0.3, -0.25) is 0 Å². The highest BCUT2D eigenvalue weighted by Gasteiger charge is 2.17. The van der Waals surface area contributed by atoms with Crippen LogP contribution in [-0.4, -0.2) is 24.4 Å². The summed E-state index contributed by atoms with van der Waals surface area (Å²) in [6, 6.07) is 0. The van der Waals surface area contributed by atoms with Gasteiger partial charge < -0.3 is 0 Å². The van der Waals surface area contributed by atoms with Crippen LogP contribution in [0.15, 0.2) is 22.0 Å². The number of allylic oxidation sites excluding steroid dienone is 1. The number of hydrogen-bond donors (Lipinski definition) is 0. The number of nitrogens with zero attached hydrogens (tertiary/aromatic N) is 2. The zero-order chi connectivity index (χ0) is 10.6. The Hall–Kier alpha value is -0.890. The Morgan fingerprint density at radius 2 is 2.29 bits per heavy atom. The molecule has 1 aromatic heterocycles. The standard InChI is InChI=1S/C6H6F2N2O2S2/c7-5(8)2-1-3-14(11,12)6-10-9-4-13-6/h2,4H,1,3H2. The summed E-state index contributed by atoms with van der Waals surface area (Å²) in [5, 5.41) is 6.72. The van der Waals surface area contributed by atoms with E-state index in [-0.39, 0.29) is 16.5 Å². The molecule has 0 unspecified atom stereocenters. The highest BCUT2D eigenvalue weighted by molar-refractivity contribution is 7.93. The molecule has 0 aliphatic carbocycles. The minimum atomic E-state index is -3.55. The molecule has 0 aliphatic heterocycles. The van der Waals surface area contributed by atoms with Gasteiger partial charge in [0, 0.05) is 0 Å². The summed E-state index contributed by atoms with van der Waals surface area (Å²) in [5.74, 6) is -0.375. The van der Waals surface area contributed by atoms with Crippen molar-refractivity contribution in [1.82, 2.24) is 10.2 Å². The second-order valence-corrected chi connectivity index (χ2v) is 5.42. The predicted octanol–water partition coefficient (Wildman–Crippen LogP) is 1.48. The van der Waals surface area contributed by atoms with E-state index in [2.05, 4.69) is 10.2 Å². The first kappa shape index (κ1) is 11.2. The van der Waals surface area contributed by atoms with Crippen LogP contribution in [0.2, 0.25) is 0 Å². The molecule has 4 nitrogen and oxygen atoms in total. The third-order valence-electron chi connectivity index (χ3n) is 1.29. The third-order valence-corrected chi connectivity index (χ3v) is 4.21. The monoisotopic (exact) mass is 240 g/mol. The third kappa shape index (κ3) is 3.11. The quantitative estimate of drug-likeness (QED) is 0.799. The first-order valence-corrected chi connectivity index (χ1v) is 6.05. The van der Waals surface area contributed by atoms with E-state index in [9.17, 15) is 17.2 Å². The summed E-state index contributed by atoms with van der Waals surface area (Å²) in [7, 11) is -3.55. The highest BCUT2D eigenvalue weighted by atomic mass is 32.2. The van der Waals surface area contributed by atoms with E-state index in [1.54, 1.807) is 0 Å². The number of aromatic nitrogens is 2. The summed E-state index contributed by atoms with van der Waals surface area (Å²) < 4.78 is 45.7. The summed E-state index contributed by atoms with van der Waals surface area (Å²) in [4.78, 5) is 0. The molecule has 8 heteroatoms. The van der Waals surface area contributed by atoms with Gasteiger partial charge in [0.05, 0.1) is 5.75 Å². The fourth-order valence-electron chi connectivity index (χ4n) is 0.709. The van der Waals surface area contributed by atoms with Crippen LogP contribution in [-0.2, 0) is 9.84 Å². The summed E-state index contributed by atoms with van der Waals surface area (Å²) in [5.41, 5.74) is 1.28. The summed E-state index contributed by atoms with van der Waals surface area (Å²) >= 11 is 0.870. The Bertz CT molecular complexity index is 409. The molecule has 0 spiro atoms. The Morgan fingerprint density at radius 1 is 1.57 bits per heavy atom. The molecule has 1 heterocycles. The zero-order valence-corrected chi connectivity index (χ0v) is 8.49. The molecule has 0 amide bonds. The van der Waals surface area contributed by atoms with Crippen molar-refractivity contribution in [3.8, 4) is 0 Å². The van der Waals surface area contributed by atoms with Crippen molar-refractivity contribution in [1.29, 1.82) is 0 Å². The molecule has 0 saturated carbocycles. The molecule has 14 heavy (non-hydrogen) atoms. The van der Waals surface area contributed by atoms with Gasteiger partial charge in [0.1, 0.15) is 5.51 Å². The van der Waals surface area contributed by atoms with Gasteiger partial charge in [0.25, 0.3) is 6.08 Å². The van der Waals surface area contributed by atoms with Crippen LogP contribution < -0.4 is 0 Å². The number of hydrogen-bond acceptors (Lipinski definition) is 5. The first-order valence-electron chi connectivity index (χ1n) is 3.52. The normalized spacial score (nSPS) is 11.3. The summed E-state index contributed by atoms with van der Waals surface area (Å²) in [6.45, 7) is 0. The number of rotatable bonds is 4. The minimum Gasteiger partial charge on any atom is -0.221 e. The highest BCUT2D eigenvalue weighted by Crippen LogP contribution is 2.13. The fourth-order valence-corrected chi connectivity index (χ4v) is 2.73. The molecule has 0 bridgehead atoms. The van der Waals surface area contributed by atoms with Gasteiger partial charge in [-0.15, -0.1) is 10.2 Å². The van der Waals surface area contributed by atoms with E-state index in [1.165, 1.54) is 5.51 Å². The largest absolute Gasteiger partial charge is 0.266 e. The lowest BCUT2D eigenvalue weighted by atomic mass is 10.5. The maximum absolute atomic E-state index is 11.6. The van der Waals surface area contributed by atoms with Crippen LogP contribution in [0.4, 0.5) is 8.78 Å². The average molecular weight is 240 g/mol. The van der Waals surface area contributed by atoms with Gasteiger partial charge in [0.2, 0.25) is 14.2 Å². The Balaban J connectivity index is 2.65. The molecule has 0 saturated heterocycles. The van der Waals surface area contributed by atoms with E-state index < -0.39 is 15.9 Å². The van der Waals surface area contributed by atoms with Crippen molar-refractivity contribution in [2.24, 2.45) is 0 Å². The lowest BCUT2D eigenvalue weighted by Crippen LogP contribution is -2.05. The van der Waals surface area contributed by atoms with Crippen LogP contribution in [0, 0.1) is 0 Å². The smallest absolute Gasteiger partial charge is 0.221 e. The molecule has 0 atom stereocenters. The van der Waals surface area contributed by atoms with Crippen molar-refractivity contribution in [2.45, 2.75) is 10.8 Å². The maximum atomic E-state index is 11.6. The lowest BCUT2D eigenvalue weighted by molar-refractivity contribution is 0.418. The SMILES string of the molecule is O=S(=O)(CCC=C(F)F)c1nncs1. The van der Waals surface area contributed by atoms with Crippen molar-refractivity contribution in [3.05, 3.63) is 17.7 Å². The minimum absolute atomic E-state index is 0.134. The van der Waals surface area contributed by atoms with Crippen LogP contribution in [0.5, 0.6) is 0 Å². The fraction of sp³-hybridized carbons (Fsp3) is 0.333. The second kappa shape index (κ2) is 4.56. The van der Waals surface area contributed by atoms with Crippen molar-refractivity contribution < 1.29 is 17.2 Å². The average Bonchev–Trinajstić information content (AvgIpc) is 2.54. The van der Waals surface area contributed by atoms with E-state index in [0.717, 1.165) is 11.3 Å². The van der Waals surface area contributed by atoms with Crippen LogP contribution in [0.25, 0.3) is 0 Å². The van der Waals surface area contributed by atoms with Crippen LogP contribution >= 0.6 is 11.3 Å². The van der Waals surface area contributed by atoms with Crippen molar-refractivity contribution in [3.63, 3.8) is 0 Å². The molecule has 0 fully saturated rings. The second-order valence-electron chi connectivity index (χ2n) is 2.31. The van der Waals surface area contributed by atoms with E-state index in [0.29, 0.717) is 6.08 Å². The van der Waals surface area contributed by atoms with Gasteiger partial charge in [0.15, 0.2) is 0 Å². The van der Waals surface area contributed by atoms with E-state index >= 15 is 0 Å². The van der Waals surface area contributed by atoms with E-state index in [1.807, 2.05) is 0 Å². The molecular weight excluding hydrogens is 234 g/mol. The molecule has 0 N–H and O–H groups in total. The topological polar surface area (TPSA) is 59.9 Å². The molecule has 1 rings (SSSR count). The predicted molar refractivity (Wildman–Crippen MR) is 46.9 cm³/mol. The van der Waals surface area contributed by atoms with Gasteiger partial charge >= 0.3 is 0 Å². The number of halogens is 2. The molecular formula is C6H6F2N2O2S2. The molecule has 0 aliphatic rings. The lowest BCUT2D eigenvalue weighted by Gasteiger charge is -1.95. The van der Waals surface area contributed by atoms with Crippen molar-refractivity contribution in [2.75, 3.05) is 5.75 Å². The van der Waals surface area contributed by atoms with E-state index in [4.69, 9.17) is 0 Å². The Labute approximate surface area is 83.2 Å². The van der Waals surface area contributed by atoms with Gasteiger partial charge in [-0.1, -0.05) is 11.3 Å². The molecule has 0 radical (unpaired) electrons. The van der Waals surface area contributed by atoms with Gasteiger partial charge in [-0.25, -0.2) is 8.42 Å². The molecule has 0 aromatic carbocycles. The Kier molecular flexibility index (Phi) is 3.64. The van der Waals surface area contributed by atoms with Gasteiger partial charge in [-0.05, 0) is 12.5 Å². The Morgan fingerprint density at radius 3 is 2.79 bits per heavy atom. The summed E-state index contributed by atoms with van der Waals surface area (Å²) in [6.07, 6.45) is -1.53. The van der Waals surface area contributed by atoms with Crippen LogP contribution in [0.1, 0.15) is 6.42 Å². The maximum Gasteiger partial charge on any atom is 0.266 e. The zero-order valence-electron chi connectivity index (χ0n) is 6.85.